The molecule has 3 rings (SSSR count). The van der Waals surface area contributed by atoms with Crippen LogP contribution < -0.4 is 10.1 Å². The topological polar surface area (TPSA) is 133 Å². The molecule has 3 heterocycles. The fourth-order valence-corrected chi connectivity index (χ4v) is 4.92. The molecule has 2 saturated heterocycles. The molecule has 2 unspecified atom stereocenters. The number of ether oxygens (including phenoxy) is 4. The second kappa shape index (κ2) is 14.2. The zero-order valence-corrected chi connectivity index (χ0v) is 25.3. The first-order valence-corrected chi connectivity index (χ1v) is 14.3. The van der Waals surface area contributed by atoms with Crippen LogP contribution in [0.5, 0.6) is 5.88 Å². The monoisotopic (exact) mass is 578 g/mol. The van der Waals surface area contributed by atoms with Crippen molar-refractivity contribution in [2.75, 3.05) is 53.1 Å². The molecule has 0 aliphatic carbocycles. The van der Waals surface area contributed by atoms with Gasteiger partial charge in [0.25, 0.3) is 11.8 Å². The fraction of sp³-hybridized carbons (Fsp3) is 0.724. The van der Waals surface area contributed by atoms with E-state index in [2.05, 4.69) is 24.0 Å². The Morgan fingerprint density at radius 3 is 2.59 bits per heavy atom. The number of hydrogen-bond donors (Lipinski definition) is 1. The molecular weight excluding hydrogens is 532 g/mol. The van der Waals surface area contributed by atoms with Crippen LogP contribution >= 0.6 is 0 Å². The summed E-state index contributed by atoms with van der Waals surface area (Å²) in [6.07, 6.45) is 2.77. The minimum Gasteiger partial charge on any atom is -0.479 e. The number of carbonyl (C=O) groups excluding carboxylic acids is 3. The number of likely N-dealkylation sites (tertiary alicyclic amines) is 1. The summed E-state index contributed by atoms with van der Waals surface area (Å²) in [4.78, 5) is 43.0. The maximum Gasteiger partial charge on any atom is 0.410 e. The Morgan fingerprint density at radius 2 is 2.02 bits per heavy atom. The van der Waals surface area contributed by atoms with E-state index in [0.717, 1.165) is 18.4 Å². The summed E-state index contributed by atoms with van der Waals surface area (Å²) in [6.45, 7) is 15.6. The average molecular weight is 579 g/mol. The van der Waals surface area contributed by atoms with Crippen LogP contribution in [-0.2, 0) is 19.0 Å². The van der Waals surface area contributed by atoms with Crippen LogP contribution in [0.2, 0.25) is 0 Å². The van der Waals surface area contributed by atoms with E-state index in [9.17, 15) is 14.4 Å². The molecule has 0 aromatic carbocycles. The van der Waals surface area contributed by atoms with E-state index >= 15 is 0 Å². The van der Waals surface area contributed by atoms with Crippen LogP contribution in [0.4, 0.5) is 4.79 Å². The molecule has 0 bridgehead atoms. The van der Waals surface area contributed by atoms with Crippen molar-refractivity contribution in [3.8, 4) is 5.88 Å². The zero-order chi connectivity index (χ0) is 30.2. The van der Waals surface area contributed by atoms with Gasteiger partial charge < -0.3 is 38.6 Å². The molecule has 230 valence electrons. The van der Waals surface area contributed by atoms with Gasteiger partial charge in [-0.05, 0) is 52.1 Å². The van der Waals surface area contributed by atoms with Gasteiger partial charge in [-0.2, -0.15) is 0 Å². The Kier molecular flexibility index (Phi) is 11.2. The van der Waals surface area contributed by atoms with Gasteiger partial charge in [0.1, 0.15) is 17.2 Å². The van der Waals surface area contributed by atoms with E-state index in [1.54, 1.807) is 4.90 Å². The normalized spacial score (nSPS) is 18.8. The lowest BCUT2D eigenvalue weighted by Crippen LogP contribution is -2.68. The molecule has 1 spiro atoms. The van der Waals surface area contributed by atoms with Crippen molar-refractivity contribution in [3.05, 3.63) is 24.0 Å². The number of nitrogens with one attached hydrogen (secondary N) is 1. The van der Waals surface area contributed by atoms with E-state index in [4.69, 9.17) is 23.5 Å². The smallest absolute Gasteiger partial charge is 0.410 e. The highest BCUT2D eigenvalue weighted by atomic mass is 16.6. The predicted molar refractivity (Wildman–Crippen MR) is 151 cm³/mol. The minimum atomic E-state index is -0.855. The third kappa shape index (κ3) is 8.93. The Balaban J connectivity index is 1.77. The lowest BCUT2D eigenvalue weighted by Gasteiger charge is -2.53. The molecule has 2 aliphatic rings. The number of aromatic nitrogens is 1. The zero-order valence-electron chi connectivity index (χ0n) is 25.3. The van der Waals surface area contributed by atoms with Crippen molar-refractivity contribution in [1.29, 1.82) is 0 Å². The number of rotatable bonds is 13. The molecule has 2 fully saturated rings. The van der Waals surface area contributed by atoms with Crippen molar-refractivity contribution in [2.45, 2.75) is 77.5 Å². The highest BCUT2D eigenvalue weighted by Gasteiger charge is 2.51. The number of hydrogen-bond acceptors (Lipinski definition) is 9. The Labute approximate surface area is 242 Å². The van der Waals surface area contributed by atoms with E-state index in [-0.39, 0.29) is 55.9 Å². The highest BCUT2D eigenvalue weighted by Crippen LogP contribution is 2.38. The quantitative estimate of drug-likeness (QED) is 0.276. The molecule has 1 aromatic rings. The van der Waals surface area contributed by atoms with Gasteiger partial charge in [-0.15, -0.1) is 0 Å². The highest BCUT2D eigenvalue weighted by molar-refractivity contribution is 5.96. The summed E-state index contributed by atoms with van der Waals surface area (Å²) in [5.41, 5.74) is -0.275. The van der Waals surface area contributed by atoms with Gasteiger partial charge in [-0.3, -0.25) is 9.59 Å². The minimum absolute atomic E-state index is 0.0340. The molecule has 3 amide bonds. The average Bonchev–Trinajstić information content (AvgIpc) is 3.38. The second-order valence-electron chi connectivity index (χ2n) is 11.9. The molecule has 2 atom stereocenters. The van der Waals surface area contributed by atoms with E-state index in [1.807, 2.05) is 27.7 Å². The summed E-state index contributed by atoms with van der Waals surface area (Å²) in [7, 11) is 1.43. The Bertz CT molecular complexity index is 1050. The third-order valence-corrected chi connectivity index (χ3v) is 7.09. The number of nitrogens with zero attached hydrogens (tertiary/aromatic N) is 3. The number of methoxy groups -OCH3 is 1. The molecule has 0 radical (unpaired) electrons. The number of amides is 3. The summed E-state index contributed by atoms with van der Waals surface area (Å²) >= 11 is 0. The van der Waals surface area contributed by atoms with E-state index < -0.39 is 23.2 Å². The molecule has 12 nitrogen and oxygen atoms in total. The van der Waals surface area contributed by atoms with Crippen molar-refractivity contribution >= 4 is 17.9 Å². The van der Waals surface area contributed by atoms with E-state index in [1.165, 1.54) is 18.1 Å². The van der Waals surface area contributed by atoms with Crippen molar-refractivity contribution in [2.24, 2.45) is 5.92 Å². The summed E-state index contributed by atoms with van der Waals surface area (Å²) in [6, 6.07) is 0.550. The van der Waals surface area contributed by atoms with Gasteiger partial charge >= 0.3 is 6.09 Å². The number of carbonyl (C=O) groups is 3. The van der Waals surface area contributed by atoms with Crippen molar-refractivity contribution < 1.29 is 37.9 Å². The second-order valence-corrected chi connectivity index (χ2v) is 11.9. The largest absolute Gasteiger partial charge is 0.479 e. The van der Waals surface area contributed by atoms with Gasteiger partial charge in [-0.1, -0.05) is 25.5 Å². The summed E-state index contributed by atoms with van der Waals surface area (Å²) in [5.74, 6) is -0.970. The van der Waals surface area contributed by atoms with Crippen LogP contribution in [0.3, 0.4) is 0 Å². The summed E-state index contributed by atoms with van der Waals surface area (Å²) in [5, 5.41) is 6.68. The Morgan fingerprint density at radius 1 is 1.29 bits per heavy atom. The molecule has 12 heteroatoms. The lowest BCUT2D eigenvalue weighted by molar-refractivity contribution is -0.181. The number of unbranched alkanes of at least 4 members (excludes halogenated alkanes) is 1. The van der Waals surface area contributed by atoms with Gasteiger partial charge in [0.2, 0.25) is 11.7 Å². The molecule has 1 N–H and O–H groups in total. The Hall–Kier alpha value is -3.12. The van der Waals surface area contributed by atoms with Gasteiger partial charge in [-0.25, -0.2) is 4.79 Å². The first-order valence-electron chi connectivity index (χ1n) is 14.3. The third-order valence-electron chi connectivity index (χ3n) is 7.09. The van der Waals surface area contributed by atoms with Crippen molar-refractivity contribution in [1.82, 2.24) is 20.3 Å². The van der Waals surface area contributed by atoms with Crippen LogP contribution in [0.25, 0.3) is 0 Å². The first kappa shape index (κ1) is 32.4. The van der Waals surface area contributed by atoms with E-state index in [0.29, 0.717) is 32.5 Å². The molecule has 1 aromatic heterocycles. The maximum absolute atomic E-state index is 13.7. The molecular formula is C29H46N4O8. The van der Waals surface area contributed by atoms with Crippen molar-refractivity contribution in [3.63, 3.8) is 0 Å². The molecule has 2 aliphatic heterocycles. The first-order chi connectivity index (χ1) is 19.4. The molecule has 0 saturated carbocycles. The fourth-order valence-electron chi connectivity index (χ4n) is 4.92. The lowest BCUT2D eigenvalue weighted by atomic mass is 9.80. The van der Waals surface area contributed by atoms with Crippen LogP contribution in [0.1, 0.15) is 70.9 Å². The van der Waals surface area contributed by atoms with Gasteiger partial charge in [0.15, 0.2) is 0 Å². The van der Waals surface area contributed by atoms with Crippen LogP contribution in [-0.4, -0.2) is 103 Å². The van der Waals surface area contributed by atoms with Crippen LogP contribution in [0.15, 0.2) is 22.7 Å². The maximum atomic E-state index is 13.7. The van der Waals surface area contributed by atoms with Gasteiger partial charge in [0.05, 0.1) is 39.5 Å². The summed E-state index contributed by atoms with van der Waals surface area (Å²) < 4.78 is 27.9. The molecule has 41 heavy (non-hydrogen) atoms. The predicted octanol–water partition coefficient (Wildman–Crippen LogP) is 3.42. The standard InChI is InChI=1S/C29H46N4O8/c1-8-9-13-38-14-12-33(26(35)22-15-23(37-7)31-41-22)24(25(34)30-16-20(2)3)21-10-11-29(39-17-21)18-32(19-29)27(36)40-28(4,5)6/h15,21,24H,2,8-14,16-19H2,1,3-7H3,(H,30,34). The van der Waals surface area contributed by atoms with Gasteiger partial charge in [0, 0.05) is 25.6 Å². The SMILES string of the molecule is C=C(C)CNC(=O)C(C1CCC2(CN(C(=O)OC(C)(C)C)C2)OC1)N(CCOCCCC)C(=O)c1cc(OC)no1. The van der Waals surface area contributed by atoms with Crippen LogP contribution in [0, 0.1) is 5.92 Å².